The molecule has 1 aliphatic rings. The van der Waals surface area contributed by atoms with Crippen molar-refractivity contribution in [2.75, 3.05) is 10.6 Å². The van der Waals surface area contributed by atoms with E-state index in [0.717, 1.165) is 22.9 Å². The topological polar surface area (TPSA) is 66.9 Å². The van der Waals surface area contributed by atoms with Gasteiger partial charge in [0.1, 0.15) is 11.0 Å². The van der Waals surface area contributed by atoms with Gasteiger partial charge in [0.2, 0.25) is 0 Å². The van der Waals surface area contributed by atoms with E-state index in [1.807, 2.05) is 6.92 Å². The maximum absolute atomic E-state index is 12.4. The lowest BCUT2D eigenvalue weighted by atomic mass is 10.2. The third-order valence-corrected chi connectivity index (χ3v) is 4.54. The minimum absolute atomic E-state index is 0.178. The SMILES string of the molecule is Cc1c(Br)cnc(NC2CC2)c1NC(=O)c1cccnc1Cl. The van der Waals surface area contributed by atoms with E-state index in [0.29, 0.717) is 23.1 Å². The molecule has 0 spiro atoms. The van der Waals surface area contributed by atoms with Gasteiger partial charge in [0.15, 0.2) is 0 Å². The number of pyridine rings is 2. The van der Waals surface area contributed by atoms with Crippen LogP contribution in [0.1, 0.15) is 28.8 Å². The van der Waals surface area contributed by atoms with Gasteiger partial charge in [-0.25, -0.2) is 9.97 Å². The van der Waals surface area contributed by atoms with Crippen LogP contribution in [-0.2, 0) is 0 Å². The zero-order chi connectivity index (χ0) is 15.7. The molecule has 7 heteroatoms. The third-order valence-electron chi connectivity index (χ3n) is 3.44. The van der Waals surface area contributed by atoms with Gasteiger partial charge in [-0.2, -0.15) is 0 Å². The highest BCUT2D eigenvalue weighted by atomic mass is 79.9. The van der Waals surface area contributed by atoms with Crippen LogP contribution in [0, 0.1) is 6.92 Å². The molecule has 0 aromatic carbocycles. The van der Waals surface area contributed by atoms with Crippen LogP contribution in [0.3, 0.4) is 0 Å². The summed E-state index contributed by atoms with van der Waals surface area (Å²) in [7, 11) is 0. The minimum Gasteiger partial charge on any atom is -0.366 e. The summed E-state index contributed by atoms with van der Waals surface area (Å²) >= 11 is 9.42. The molecule has 2 N–H and O–H groups in total. The van der Waals surface area contributed by atoms with Gasteiger partial charge in [-0.3, -0.25) is 4.79 Å². The van der Waals surface area contributed by atoms with Crippen molar-refractivity contribution in [2.45, 2.75) is 25.8 Å². The largest absolute Gasteiger partial charge is 0.366 e. The number of nitrogens with one attached hydrogen (secondary N) is 2. The number of aromatic nitrogens is 2. The summed E-state index contributed by atoms with van der Waals surface area (Å²) in [5, 5.41) is 6.40. The molecule has 2 aromatic heterocycles. The molecule has 114 valence electrons. The Hall–Kier alpha value is -1.66. The van der Waals surface area contributed by atoms with Crippen molar-refractivity contribution < 1.29 is 4.79 Å². The lowest BCUT2D eigenvalue weighted by Crippen LogP contribution is -2.17. The highest BCUT2D eigenvalue weighted by Crippen LogP contribution is 2.33. The molecule has 1 amide bonds. The normalized spacial score (nSPS) is 13.8. The highest BCUT2D eigenvalue weighted by Gasteiger charge is 2.24. The monoisotopic (exact) mass is 380 g/mol. The molecule has 22 heavy (non-hydrogen) atoms. The lowest BCUT2D eigenvalue weighted by molar-refractivity contribution is 0.102. The van der Waals surface area contributed by atoms with E-state index in [2.05, 4.69) is 36.5 Å². The Morgan fingerprint density at radius 3 is 2.86 bits per heavy atom. The second kappa shape index (κ2) is 6.22. The van der Waals surface area contributed by atoms with Crippen molar-refractivity contribution in [3.05, 3.63) is 45.3 Å². The Morgan fingerprint density at radius 1 is 1.41 bits per heavy atom. The number of halogens is 2. The van der Waals surface area contributed by atoms with Crippen LogP contribution >= 0.6 is 27.5 Å². The first kappa shape index (κ1) is 15.2. The third kappa shape index (κ3) is 3.23. The summed E-state index contributed by atoms with van der Waals surface area (Å²) in [4.78, 5) is 20.7. The molecule has 0 radical (unpaired) electrons. The van der Waals surface area contributed by atoms with Gasteiger partial charge in [-0.1, -0.05) is 11.6 Å². The molecule has 2 heterocycles. The van der Waals surface area contributed by atoms with Crippen LogP contribution < -0.4 is 10.6 Å². The molecule has 2 aromatic rings. The second-order valence-electron chi connectivity index (χ2n) is 5.17. The van der Waals surface area contributed by atoms with Crippen LogP contribution in [-0.4, -0.2) is 21.9 Å². The molecule has 1 fully saturated rings. The number of hydrogen-bond donors (Lipinski definition) is 2. The van der Waals surface area contributed by atoms with Gasteiger partial charge in [-0.15, -0.1) is 0 Å². The molecule has 1 aliphatic carbocycles. The predicted molar refractivity (Wildman–Crippen MR) is 90.5 cm³/mol. The van der Waals surface area contributed by atoms with Gasteiger partial charge in [0, 0.05) is 22.9 Å². The number of amides is 1. The van der Waals surface area contributed by atoms with Crippen molar-refractivity contribution in [3.8, 4) is 0 Å². The van der Waals surface area contributed by atoms with Gasteiger partial charge in [-0.05, 0) is 53.4 Å². The first-order chi connectivity index (χ1) is 10.6. The van der Waals surface area contributed by atoms with Gasteiger partial charge >= 0.3 is 0 Å². The number of anilines is 2. The molecular weight excluding hydrogens is 368 g/mol. The van der Waals surface area contributed by atoms with Crippen molar-refractivity contribution in [3.63, 3.8) is 0 Å². The molecule has 3 rings (SSSR count). The highest BCUT2D eigenvalue weighted by molar-refractivity contribution is 9.10. The molecule has 0 atom stereocenters. The lowest BCUT2D eigenvalue weighted by Gasteiger charge is -2.15. The first-order valence-corrected chi connectivity index (χ1v) is 8.07. The van der Waals surface area contributed by atoms with Crippen molar-refractivity contribution in [1.82, 2.24) is 9.97 Å². The summed E-state index contributed by atoms with van der Waals surface area (Å²) in [6.07, 6.45) is 5.52. The average Bonchev–Trinajstić information content (AvgIpc) is 3.31. The van der Waals surface area contributed by atoms with E-state index >= 15 is 0 Å². The maximum atomic E-state index is 12.4. The van der Waals surface area contributed by atoms with Crippen LogP contribution in [0.15, 0.2) is 29.0 Å². The minimum atomic E-state index is -0.306. The standard InChI is InChI=1S/C15H14BrClN4O/c1-8-11(16)7-19-14(20-9-4-5-9)12(8)21-15(22)10-3-2-6-18-13(10)17/h2-3,6-7,9H,4-5H2,1H3,(H,19,20)(H,21,22). The van der Waals surface area contributed by atoms with Gasteiger partial charge in [0.05, 0.1) is 11.3 Å². The Morgan fingerprint density at radius 2 is 2.18 bits per heavy atom. The summed E-state index contributed by atoms with van der Waals surface area (Å²) in [5.41, 5.74) is 1.90. The molecule has 5 nitrogen and oxygen atoms in total. The van der Waals surface area contributed by atoms with Crippen molar-refractivity contribution in [1.29, 1.82) is 0 Å². The fourth-order valence-corrected chi connectivity index (χ4v) is 2.51. The predicted octanol–water partition coefficient (Wildman–Crippen LogP) is 4.03. The van der Waals surface area contributed by atoms with Crippen molar-refractivity contribution >= 4 is 44.9 Å². The smallest absolute Gasteiger partial charge is 0.258 e. The second-order valence-corrected chi connectivity index (χ2v) is 6.38. The quantitative estimate of drug-likeness (QED) is 0.785. The zero-order valence-electron chi connectivity index (χ0n) is 11.9. The summed E-state index contributed by atoms with van der Waals surface area (Å²) < 4.78 is 0.835. The molecule has 0 aliphatic heterocycles. The summed E-state index contributed by atoms with van der Waals surface area (Å²) in [5.74, 6) is 0.372. The van der Waals surface area contributed by atoms with Gasteiger partial charge < -0.3 is 10.6 Å². The van der Waals surface area contributed by atoms with Crippen molar-refractivity contribution in [2.24, 2.45) is 0 Å². The van der Waals surface area contributed by atoms with E-state index < -0.39 is 0 Å². The summed E-state index contributed by atoms with van der Waals surface area (Å²) in [6.45, 7) is 1.92. The Balaban J connectivity index is 1.91. The number of carbonyl (C=O) groups excluding carboxylic acids is 1. The first-order valence-electron chi connectivity index (χ1n) is 6.89. The summed E-state index contributed by atoms with van der Waals surface area (Å²) in [6, 6.07) is 3.75. The molecule has 0 saturated heterocycles. The Bertz CT molecular complexity index is 733. The molecule has 1 saturated carbocycles. The van der Waals surface area contributed by atoms with Gasteiger partial charge in [0.25, 0.3) is 5.91 Å². The Kier molecular flexibility index (Phi) is 4.31. The number of nitrogens with zero attached hydrogens (tertiary/aromatic N) is 2. The number of hydrogen-bond acceptors (Lipinski definition) is 4. The van der Waals surface area contributed by atoms with Crippen LogP contribution in [0.4, 0.5) is 11.5 Å². The van der Waals surface area contributed by atoms with E-state index in [4.69, 9.17) is 11.6 Å². The van der Waals surface area contributed by atoms with Crippen LogP contribution in [0.2, 0.25) is 5.15 Å². The fourth-order valence-electron chi connectivity index (χ4n) is 2.00. The van der Waals surface area contributed by atoms with Crippen LogP contribution in [0.25, 0.3) is 0 Å². The van der Waals surface area contributed by atoms with E-state index in [1.54, 1.807) is 24.5 Å². The van der Waals surface area contributed by atoms with E-state index in [1.165, 1.54) is 0 Å². The Labute approximate surface area is 141 Å². The van der Waals surface area contributed by atoms with E-state index in [9.17, 15) is 4.79 Å². The van der Waals surface area contributed by atoms with Crippen LogP contribution in [0.5, 0.6) is 0 Å². The fraction of sp³-hybridized carbons (Fsp3) is 0.267. The number of carbonyl (C=O) groups is 1. The number of rotatable bonds is 4. The average molecular weight is 382 g/mol. The zero-order valence-corrected chi connectivity index (χ0v) is 14.2. The molecule has 0 bridgehead atoms. The maximum Gasteiger partial charge on any atom is 0.258 e. The molecule has 0 unspecified atom stereocenters. The molecular formula is C15H14BrClN4O. The van der Waals surface area contributed by atoms with E-state index in [-0.39, 0.29) is 11.1 Å².